The average Bonchev–Trinajstić information content (AvgIpc) is 2.94. The lowest BCUT2D eigenvalue weighted by atomic mass is 10.2. The van der Waals surface area contributed by atoms with Crippen molar-refractivity contribution in [1.29, 1.82) is 0 Å². The van der Waals surface area contributed by atoms with Crippen LogP contribution in [-0.2, 0) is 13.1 Å². The molecule has 20 heavy (non-hydrogen) atoms. The van der Waals surface area contributed by atoms with Crippen molar-refractivity contribution in [1.82, 2.24) is 20.3 Å². The minimum atomic E-state index is 0.671. The predicted octanol–water partition coefficient (Wildman–Crippen LogP) is 3.06. The molecule has 3 aromatic rings. The zero-order valence-corrected chi connectivity index (χ0v) is 12.2. The van der Waals surface area contributed by atoms with Gasteiger partial charge in [0, 0.05) is 34.7 Å². The molecule has 3 heterocycles. The van der Waals surface area contributed by atoms with Crippen LogP contribution in [0.2, 0.25) is 0 Å². The Balaban J connectivity index is 1.91. The molecule has 0 aliphatic carbocycles. The summed E-state index contributed by atoms with van der Waals surface area (Å²) in [5, 5.41) is 4.38. The summed E-state index contributed by atoms with van der Waals surface area (Å²) in [6, 6.07) is 10.1. The van der Waals surface area contributed by atoms with Gasteiger partial charge in [-0.05, 0) is 28.1 Å². The lowest BCUT2D eigenvalue weighted by Gasteiger charge is -2.06. The first-order valence-electron chi connectivity index (χ1n) is 6.42. The fourth-order valence-corrected chi connectivity index (χ4v) is 2.93. The van der Waals surface area contributed by atoms with Gasteiger partial charge < -0.3 is 5.32 Å². The molecule has 5 heteroatoms. The fourth-order valence-electron chi connectivity index (χ4n) is 2.42. The maximum absolute atomic E-state index is 4.68. The van der Waals surface area contributed by atoms with Crippen molar-refractivity contribution in [3.05, 3.63) is 52.3 Å². The molecule has 1 aromatic carbocycles. The first-order valence-corrected chi connectivity index (χ1v) is 7.22. The topological polar surface area (TPSA) is 50.7 Å². The predicted molar refractivity (Wildman–Crippen MR) is 81.0 cm³/mol. The molecular formula is C15H11BrN4. The molecule has 4 nitrogen and oxygen atoms in total. The highest BCUT2D eigenvalue weighted by atomic mass is 79.9. The summed E-state index contributed by atoms with van der Waals surface area (Å²) in [7, 11) is 0. The van der Waals surface area contributed by atoms with Crippen LogP contribution < -0.4 is 5.32 Å². The number of para-hydroxylation sites is 1. The molecule has 98 valence electrons. The lowest BCUT2D eigenvalue weighted by Crippen LogP contribution is -2.01. The van der Waals surface area contributed by atoms with Crippen molar-refractivity contribution in [2.24, 2.45) is 0 Å². The van der Waals surface area contributed by atoms with Crippen LogP contribution in [0.4, 0.5) is 0 Å². The Morgan fingerprint density at radius 2 is 2.00 bits per heavy atom. The van der Waals surface area contributed by atoms with Crippen LogP contribution >= 0.6 is 15.9 Å². The highest BCUT2D eigenvalue weighted by Gasteiger charge is 2.16. The number of nitrogens with one attached hydrogen (secondary N) is 1. The third-order valence-corrected chi connectivity index (χ3v) is 4.06. The van der Waals surface area contributed by atoms with E-state index in [1.807, 2.05) is 30.5 Å². The van der Waals surface area contributed by atoms with Crippen LogP contribution in [0.1, 0.15) is 11.3 Å². The standard InChI is InChI=1S/C15H11BrN4/c16-11-5-9-3-1-2-4-12(9)19-14(11)15-18-7-10-6-17-8-13(10)20-15/h1-5,7,17H,6,8H2. The molecule has 0 atom stereocenters. The van der Waals surface area contributed by atoms with Gasteiger partial charge in [0.05, 0.1) is 11.2 Å². The van der Waals surface area contributed by atoms with Gasteiger partial charge in [-0.2, -0.15) is 0 Å². The van der Waals surface area contributed by atoms with Crippen molar-refractivity contribution < 1.29 is 0 Å². The van der Waals surface area contributed by atoms with E-state index in [1.54, 1.807) is 0 Å². The number of hydrogen-bond acceptors (Lipinski definition) is 4. The van der Waals surface area contributed by atoms with Gasteiger partial charge in [0.15, 0.2) is 5.82 Å². The van der Waals surface area contributed by atoms with Gasteiger partial charge in [-0.1, -0.05) is 18.2 Å². The molecule has 0 spiro atoms. The van der Waals surface area contributed by atoms with Gasteiger partial charge in [-0.3, -0.25) is 0 Å². The molecular weight excluding hydrogens is 316 g/mol. The van der Waals surface area contributed by atoms with E-state index in [0.717, 1.165) is 39.9 Å². The highest BCUT2D eigenvalue weighted by Crippen LogP contribution is 2.28. The van der Waals surface area contributed by atoms with Gasteiger partial charge in [-0.25, -0.2) is 15.0 Å². The summed E-state index contributed by atoms with van der Waals surface area (Å²) in [4.78, 5) is 13.7. The number of fused-ring (bicyclic) bond motifs is 2. The van der Waals surface area contributed by atoms with E-state index in [1.165, 1.54) is 5.56 Å². The van der Waals surface area contributed by atoms with Crippen LogP contribution in [-0.4, -0.2) is 15.0 Å². The average molecular weight is 327 g/mol. The van der Waals surface area contributed by atoms with Crippen molar-refractivity contribution in [2.45, 2.75) is 13.1 Å². The minimum absolute atomic E-state index is 0.671. The second-order valence-corrected chi connectivity index (χ2v) is 5.63. The number of nitrogens with zero attached hydrogens (tertiary/aromatic N) is 3. The summed E-state index contributed by atoms with van der Waals surface area (Å²) < 4.78 is 0.919. The molecule has 1 aliphatic rings. The summed E-state index contributed by atoms with van der Waals surface area (Å²) in [6.07, 6.45) is 1.89. The number of pyridine rings is 1. The van der Waals surface area contributed by atoms with Crippen LogP contribution in [0.15, 0.2) is 41.0 Å². The molecule has 2 aromatic heterocycles. The maximum Gasteiger partial charge on any atom is 0.179 e. The monoisotopic (exact) mass is 326 g/mol. The number of hydrogen-bond donors (Lipinski definition) is 1. The SMILES string of the molecule is Brc1cc2ccccc2nc1-c1ncc2c(n1)CNC2. The van der Waals surface area contributed by atoms with E-state index in [9.17, 15) is 0 Å². The quantitative estimate of drug-likeness (QED) is 0.746. The van der Waals surface area contributed by atoms with E-state index in [0.29, 0.717) is 5.82 Å². The number of halogens is 1. The van der Waals surface area contributed by atoms with E-state index < -0.39 is 0 Å². The molecule has 0 radical (unpaired) electrons. The van der Waals surface area contributed by atoms with Crippen molar-refractivity contribution >= 4 is 26.8 Å². The Labute approximate surface area is 124 Å². The van der Waals surface area contributed by atoms with Gasteiger partial charge in [0.25, 0.3) is 0 Å². The fraction of sp³-hybridized carbons (Fsp3) is 0.133. The number of benzene rings is 1. The molecule has 0 bridgehead atoms. The maximum atomic E-state index is 4.68. The Hall–Kier alpha value is -1.85. The first kappa shape index (κ1) is 11.9. The van der Waals surface area contributed by atoms with Crippen molar-refractivity contribution in [2.75, 3.05) is 0 Å². The van der Waals surface area contributed by atoms with Crippen LogP contribution in [0.5, 0.6) is 0 Å². The minimum Gasteiger partial charge on any atom is -0.307 e. The second kappa shape index (κ2) is 4.61. The van der Waals surface area contributed by atoms with E-state index in [4.69, 9.17) is 0 Å². The van der Waals surface area contributed by atoms with Gasteiger partial charge >= 0.3 is 0 Å². The molecule has 4 rings (SSSR count). The molecule has 0 saturated carbocycles. The summed E-state index contributed by atoms with van der Waals surface area (Å²) in [6.45, 7) is 1.65. The Morgan fingerprint density at radius 3 is 2.95 bits per heavy atom. The van der Waals surface area contributed by atoms with Crippen LogP contribution in [0, 0.1) is 0 Å². The lowest BCUT2D eigenvalue weighted by molar-refractivity contribution is 0.758. The third-order valence-electron chi connectivity index (χ3n) is 3.45. The normalized spacial score (nSPS) is 13.7. The van der Waals surface area contributed by atoms with E-state index in [-0.39, 0.29) is 0 Å². The Kier molecular flexibility index (Phi) is 2.75. The van der Waals surface area contributed by atoms with Gasteiger partial charge in [0.2, 0.25) is 0 Å². The zero-order chi connectivity index (χ0) is 13.5. The largest absolute Gasteiger partial charge is 0.307 e. The van der Waals surface area contributed by atoms with Crippen LogP contribution in [0.3, 0.4) is 0 Å². The summed E-state index contributed by atoms with van der Waals surface area (Å²) in [5.41, 5.74) is 3.98. The van der Waals surface area contributed by atoms with Gasteiger partial charge in [0.1, 0.15) is 5.69 Å². The third kappa shape index (κ3) is 1.90. The number of aromatic nitrogens is 3. The Morgan fingerprint density at radius 1 is 1.10 bits per heavy atom. The summed E-state index contributed by atoms with van der Waals surface area (Å²) >= 11 is 3.58. The summed E-state index contributed by atoms with van der Waals surface area (Å²) in [5.74, 6) is 0.671. The molecule has 0 saturated heterocycles. The van der Waals surface area contributed by atoms with Gasteiger partial charge in [-0.15, -0.1) is 0 Å². The first-order chi connectivity index (χ1) is 9.81. The smallest absolute Gasteiger partial charge is 0.179 e. The van der Waals surface area contributed by atoms with Crippen LogP contribution in [0.25, 0.3) is 22.4 Å². The molecule has 0 unspecified atom stereocenters. The molecule has 0 amide bonds. The second-order valence-electron chi connectivity index (χ2n) is 4.78. The van der Waals surface area contributed by atoms with E-state index >= 15 is 0 Å². The number of rotatable bonds is 1. The molecule has 1 N–H and O–H groups in total. The van der Waals surface area contributed by atoms with Crippen molar-refractivity contribution in [3.8, 4) is 11.5 Å². The molecule has 1 aliphatic heterocycles. The van der Waals surface area contributed by atoms with E-state index in [2.05, 4.69) is 42.3 Å². The zero-order valence-electron chi connectivity index (χ0n) is 10.6. The Bertz CT molecular complexity index is 816. The van der Waals surface area contributed by atoms with Crippen molar-refractivity contribution in [3.63, 3.8) is 0 Å². The molecule has 0 fully saturated rings. The highest BCUT2D eigenvalue weighted by molar-refractivity contribution is 9.10.